The van der Waals surface area contributed by atoms with Gasteiger partial charge in [-0.3, -0.25) is 4.79 Å². The second-order valence-corrected chi connectivity index (χ2v) is 9.45. The molecule has 1 aliphatic rings. The van der Waals surface area contributed by atoms with E-state index in [1.54, 1.807) is 42.3 Å². The molecule has 7 nitrogen and oxygen atoms in total. The number of benzene rings is 2. The monoisotopic (exact) mass is 451 g/mol. The Balaban J connectivity index is 1.47. The molecule has 1 heterocycles. The Hall–Kier alpha value is -2.29. The zero-order valence-corrected chi connectivity index (χ0v) is 18.5. The lowest BCUT2D eigenvalue weighted by Gasteiger charge is -2.34. The van der Waals surface area contributed by atoms with Crippen LogP contribution in [0.1, 0.15) is 12.0 Å². The van der Waals surface area contributed by atoms with Crippen LogP contribution in [0.5, 0.6) is 5.75 Å². The van der Waals surface area contributed by atoms with Crippen LogP contribution in [0.25, 0.3) is 0 Å². The number of rotatable bonds is 8. The SMILES string of the molecule is COc1ccc(Cl)cc1NCCC(=O)N1CCN(S(=O)(=O)Cc2ccccc2)CC1. The van der Waals surface area contributed by atoms with Crippen LogP contribution in [-0.4, -0.2) is 63.4 Å². The van der Waals surface area contributed by atoms with Crippen molar-refractivity contribution in [3.63, 3.8) is 0 Å². The smallest absolute Gasteiger partial charge is 0.224 e. The fourth-order valence-corrected chi connectivity index (χ4v) is 5.06. The van der Waals surface area contributed by atoms with Crippen LogP contribution in [0.3, 0.4) is 0 Å². The van der Waals surface area contributed by atoms with Crippen LogP contribution < -0.4 is 10.1 Å². The van der Waals surface area contributed by atoms with Gasteiger partial charge in [0.25, 0.3) is 0 Å². The Kier molecular flexibility index (Phi) is 7.58. The van der Waals surface area contributed by atoms with E-state index in [2.05, 4.69) is 5.32 Å². The number of anilines is 1. The van der Waals surface area contributed by atoms with E-state index in [0.29, 0.717) is 49.9 Å². The molecule has 0 unspecified atom stereocenters. The summed E-state index contributed by atoms with van der Waals surface area (Å²) in [6.45, 7) is 1.86. The first-order valence-corrected chi connectivity index (χ1v) is 11.7. The normalized spacial score (nSPS) is 15.1. The van der Waals surface area contributed by atoms with Crippen molar-refractivity contribution in [2.24, 2.45) is 0 Å². The van der Waals surface area contributed by atoms with Crippen LogP contribution in [0, 0.1) is 0 Å². The predicted molar refractivity (Wildman–Crippen MR) is 118 cm³/mol. The number of nitrogens with zero attached hydrogens (tertiary/aromatic N) is 2. The summed E-state index contributed by atoms with van der Waals surface area (Å²) >= 11 is 6.01. The summed E-state index contributed by atoms with van der Waals surface area (Å²) < 4.78 is 32.0. The highest BCUT2D eigenvalue weighted by Gasteiger charge is 2.28. The maximum Gasteiger partial charge on any atom is 0.224 e. The van der Waals surface area contributed by atoms with Crippen LogP contribution in [-0.2, 0) is 20.6 Å². The highest BCUT2D eigenvalue weighted by Crippen LogP contribution is 2.27. The Bertz CT molecular complexity index is 961. The third-order valence-electron chi connectivity index (χ3n) is 4.99. The van der Waals surface area contributed by atoms with Crippen molar-refractivity contribution in [1.82, 2.24) is 9.21 Å². The summed E-state index contributed by atoms with van der Waals surface area (Å²) in [5, 5.41) is 3.75. The van der Waals surface area contributed by atoms with E-state index in [4.69, 9.17) is 16.3 Å². The molecule has 0 aliphatic carbocycles. The van der Waals surface area contributed by atoms with Crippen LogP contribution >= 0.6 is 11.6 Å². The Morgan fingerprint density at radius 2 is 1.80 bits per heavy atom. The number of amides is 1. The third kappa shape index (κ3) is 5.87. The van der Waals surface area contributed by atoms with Gasteiger partial charge in [-0.05, 0) is 23.8 Å². The number of hydrogen-bond donors (Lipinski definition) is 1. The molecule has 0 radical (unpaired) electrons. The maximum atomic E-state index is 12.6. The average Bonchev–Trinajstić information content (AvgIpc) is 2.74. The van der Waals surface area contributed by atoms with Gasteiger partial charge in [-0.15, -0.1) is 0 Å². The van der Waals surface area contributed by atoms with Crippen molar-refractivity contribution in [2.75, 3.05) is 45.2 Å². The first-order chi connectivity index (χ1) is 14.4. The van der Waals surface area contributed by atoms with Gasteiger partial charge >= 0.3 is 0 Å². The van der Waals surface area contributed by atoms with Gasteiger partial charge in [0.05, 0.1) is 18.6 Å². The molecule has 2 aromatic rings. The average molecular weight is 452 g/mol. The second-order valence-electron chi connectivity index (χ2n) is 7.04. The molecule has 30 heavy (non-hydrogen) atoms. The lowest BCUT2D eigenvalue weighted by Crippen LogP contribution is -2.51. The third-order valence-corrected chi connectivity index (χ3v) is 7.08. The molecule has 0 atom stereocenters. The number of carbonyl (C=O) groups excluding carboxylic acids is 1. The van der Waals surface area contributed by atoms with Gasteiger partial charge in [-0.25, -0.2) is 8.42 Å². The zero-order valence-electron chi connectivity index (χ0n) is 16.9. The number of nitrogens with one attached hydrogen (secondary N) is 1. The van der Waals surface area contributed by atoms with E-state index >= 15 is 0 Å². The van der Waals surface area contributed by atoms with Gasteiger partial charge in [0, 0.05) is 44.2 Å². The summed E-state index contributed by atoms with van der Waals surface area (Å²) in [6.07, 6.45) is 0.298. The lowest BCUT2D eigenvalue weighted by atomic mass is 10.2. The minimum absolute atomic E-state index is 0.0106. The molecule has 1 fully saturated rings. The zero-order chi connectivity index (χ0) is 21.6. The molecule has 0 aromatic heterocycles. The van der Waals surface area contributed by atoms with Crippen molar-refractivity contribution >= 4 is 33.2 Å². The minimum atomic E-state index is -3.39. The number of halogens is 1. The summed E-state index contributed by atoms with van der Waals surface area (Å²) in [5.74, 6) is 0.625. The number of hydrogen-bond acceptors (Lipinski definition) is 5. The quantitative estimate of drug-likeness (QED) is 0.667. The molecule has 1 aliphatic heterocycles. The minimum Gasteiger partial charge on any atom is -0.495 e. The number of methoxy groups -OCH3 is 1. The molecular formula is C21H26ClN3O4S. The lowest BCUT2D eigenvalue weighted by molar-refractivity contribution is -0.132. The van der Waals surface area contributed by atoms with Gasteiger partial charge in [0.2, 0.25) is 15.9 Å². The summed E-state index contributed by atoms with van der Waals surface area (Å²) in [6, 6.07) is 14.4. The van der Waals surface area contributed by atoms with Crippen LogP contribution in [0.2, 0.25) is 5.02 Å². The molecule has 162 valence electrons. The highest BCUT2D eigenvalue weighted by atomic mass is 35.5. The van der Waals surface area contributed by atoms with Gasteiger partial charge in [-0.2, -0.15) is 4.31 Å². The molecule has 0 spiro atoms. The number of piperazine rings is 1. The Morgan fingerprint density at radius 1 is 1.10 bits per heavy atom. The van der Waals surface area contributed by atoms with Crippen molar-refractivity contribution in [2.45, 2.75) is 12.2 Å². The topological polar surface area (TPSA) is 79.0 Å². The maximum absolute atomic E-state index is 12.6. The molecule has 1 N–H and O–H groups in total. The van der Waals surface area contributed by atoms with E-state index in [-0.39, 0.29) is 11.7 Å². The Morgan fingerprint density at radius 3 is 2.47 bits per heavy atom. The van der Waals surface area contributed by atoms with Crippen LogP contribution in [0.4, 0.5) is 5.69 Å². The summed E-state index contributed by atoms with van der Waals surface area (Å²) in [7, 11) is -1.82. The van der Waals surface area contributed by atoms with E-state index < -0.39 is 10.0 Å². The molecule has 0 bridgehead atoms. The van der Waals surface area contributed by atoms with E-state index in [9.17, 15) is 13.2 Å². The van der Waals surface area contributed by atoms with Gasteiger partial charge in [0.1, 0.15) is 5.75 Å². The largest absolute Gasteiger partial charge is 0.495 e. The fourth-order valence-electron chi connectivity index (χ4n) is 3.37. The van der Waals surface area contributed by atoms with E-state index in [0.717, 1.165) is 11.3 Å². The number of ether oxygens (including phenoxy) is 1. The highest BCUT2D eigenvalue weighted by molar-refractivity contribution is 7.88. The Labute approximate surface area is 182 Å². The molecule has 9 heteroatoms. The first kappa shape index (κ1) is 22.4. The summed E-state index contributed by atoms with van der Waals surface area (Å²) in [5.41, 5.74) is 1.49. The molecule has 0 saturated carbocycles. The van der Waals surface area contributed by atoms with Gasteiger partial charge in [0.15, 0.2) is 0 Å². The molecule has 1 saturated heterocycles. The number of sulfonamides is 1. The second kappa shape index (κ2) is 10.1. The van der Waals surface area contributed by atoms with Crippen molar-refractivity contribution < 1.29 is 17.9 Å². The molecule has 2 aromatic carbocycles. The fraction of sp³-hybridized carbons (Fsp3) is 0.381. The predicted octanol–water partition coefficient (Wildman–Crippen LogP) is 2.82. The summed E-state index contributed by atoms with van der Waals surface area (Å²) in [4.78, 5) is 14.2. The van der Waals surface area contributed by atoms with E-state index in [1.165, 1.54) is 4.31 Å². The van der Waals surface area contributed by atoms with Gasteiger partial charge in [-0.1, -0.05) is 41.9 Å². The van der Waals surface area contributed by atoms with Crippen LogP contribution in [0.15, 0.2) is 48.5 Å². The van der Waals surface area contributed by atoms with Gasteiger partial charge < -0.3 is 15.0 Å². The molecule has 1 amide bonds. The first-order valence-electron chi connectivity index (χ1n) is 9.76. The van der Waals surface area contributed by atoms with Crippen molar-refractivity contribution in [1.29, 1.82) is 0 Å². The number of carbonyl (C=O) groups is 1. The van der Waals surface area contributed by atoms with Crippen molar-refractivity contribution in [3.8, 4) is 5.75 Å². The standard InChI is InChI=1S/C21H26ClN3O4S/c1-29-20-8-7-18(22)15-19(20)23-10-9-21(26)24-11-13-25(14-12-24)30(27,28)16-17-5-3-2-4-6-17/h2-8,15,23H,9-14,16H2,1H3. The molecule has 3 rings (SSSR count). The van der Waals surface area contributed by atoms with Crippen molar-refractivity contribution in [3.05, 3.63) is 59.1 Å². The molecular weight excluding hydrogens is 426 g/mol. The van der Waals surface area contributed by atoms with E-state index in [1.807, 2.05) is 18.2 Å².